The largest absolute Gasteiger partial charge is 0.389 e. The lowest BCUT2D eigenvalue weighted by molar-refractivity contribution is -0.0203. The van der Waals surface area contributed by atoms with Gasteiger partial charge in [-0.05, 0) is 44.4 Å². The molecule has 0 aromatic heterocycles. The second-order valence-electron chi connectivity index (χ2n) is 6.93. The van der Waals surface area contributed by atoms with Crippen LogP contribution in [0, 0.1) is 5.92 Å². The van der Waals surface area contributed by atoms with Crippen LogP contribution in [-0.2, 0) is 4.74 Å². The van der Waals surface area contributed by atoms with E-state index in [0.717, 1.165) is 44.4 Å². The van der Waals surface area contributed by atoms with E-state index in [1.165, 1.54) is 12.8 Å². The van der Waals surface area contributed by atoms with Gasteiger partial charge in [-0.2, -0.15) is 0 Å². The molecule has 0 bridgehead atoms. The second-order valence-corrected chi connectivity index (χ2v) is 6.93. The summed E-state index contributed by atoms with van der Waals surface area (Å²) in [6.45, 7) is 3.75. The molecule has 0 radical (unpaired) electrons. The lowest BCUT2D eigenvalue weighted by Crippen LogP contribution is -2.45. The molecule has 1 unspecified atom stereocenters. The number of hydrogen-bond acceptors (Lipinski definition) is 4. The first kappa shape index (κ1) is 16.2. The van der Waals surface area contributed by atoms with Gasteiger partial charge >= 0.3 is 0 Å². The zero-order chi connectivity index (χ0) is 14.4. The van der Waals surface area contributed by atoms with E-state index in [2.05, 4.69) is 12.2 Å². The highest BCUT2D eigenvalue weighted by atomic mass is 16.5. The van der Waals surface area contributed by atoms with E-state index in [4.69, 9.17) is 4.74 Å². The van der Waals surface area contributed by atoms with Crippen LogP contribution in [0.2, 0.25) is 0 Å². The van der Waals surface area contributed by atoms with Crippen LogP contribution in [0.1, 0.15) is 58.3 Å². The molecule has 2 aliphatic carbocycles. The van der Waals surface area contributed by atoms with Crippen molar-refractivity contribution in [3.8, 4) is 0 Å². The van der Waals surface area contributed by atoms with Gasteiger partial charge < -0.3 is 20.3 Å². The van der Waals surface area contributed by atoms with Crippen LogP contribution in [0.15, 0.2) is 0 Å². The Kier molecular flexibility index (Phi) is 6.27. The maximum atomic E-state index is 10.4. The summed E-state index contributed by atoms with van der Waals surface area (Å²) in [7, 11) is 0. The number of hydrogen-bond donors (Lipinski definition) is 3. The third-order valence-electron chi connectivity index (χ3n) is 4.87. The average Bonchev–Trinajstić information content (AvgIpc) is 2.93. The molecule has 0 spiro atoms. The van der Waals surface area contributed by atoms with Crippen LogP contribution < -0.4 is 5.32 Å². The summed E-state index contributed by atoms with van der Waals surface area (Å²) in [5, 5.41) is 23.5. The average molecular weight is 285 g/mol. The zero-order valence-electron chi connectivity index (χ0n) is 12.8. The van der Waals surface area contributed by atoms with Crippen LogP contribution >= 0.6 is 0 Å². The molecule has 0 amide bonds. The van der Waals surface area contributed by atoms with Crippen LogP contribution in [0.5, 0.6) is 0 Å². The van der Waals surface area contributed by atoms with E-state index in [-0.39, 0.29) is 0 Å². The molecular formula is C16H31NO3. The Balaban J connectivity index is 1.55. The van der Waals surface area contributed by atoms with E-state index >= 15 is 0 Å². The van der Waals surface area contributed by atoms with E-state index in [9.17, 15) is 10.2 Å². The molecule has 0 aliphatic heterocycles. The number of rotatable bonds is 7. The summed E-state index contributed by atoms with van der Waals surface area (Å²) in [5.41, 5.74) is -0.571. The van der Waals surface area contributed by atoms with E-state index in [0.29, 0.717) is 25.8 Å². The monoisotopic (exact) mass is 285 g/mol. The van der Waals surface area contributed by atoms with Gasteiger partial charge in [-0.15, -0.1) is 0 Å². The van der Waals surface area contributed by atoms with Gasteiger partial charge in [-0.25, -0.2) is 0 Å². The van der Waals surface area contributed by atoms with Crippen LogP contribution in [-0.4, -0.2) is 47.7 Å². The summed E-state index contributed by atoms with van der Waals surface area (Å²) >= 11 is 0. The maximum absolute atomic E-state index is 10.4. The molecule has 0 saturated heterocycles. The van der Waals surface area contributed by atoms with E-state index in [1.54, 1.807) is 0 Å². The smallest absolute Gasteiger partial charge is 0.0897 e. The van der Waals surface area contributed by atoms with Gasteiger partial charge in [0.1, 0.15) is 0 Å². The highest BCUT2D eigenvalue weighted by Crippen LogP contribution is 2.31. The van der Waals surface area contributed by atoms with Gasteiger partial charge in [0.05, 0.1) is 24.4 Å². The van der Waals surface area contributed by atoms with Crippen molar-refractivity contribution in [2.24, 2.45) is 5.92 Å². The number of nitrogens with one attached hydrogen (secondary N) is 1. The lowest BCUT2D eigenvalue weighted by atomic mass is 9.79. The number of aliphatic hydroxyl groups excluding tert-OH is 1. The summed E-state index contributed by atoms with van der Waals surface area (Å²) in [6, 6.07) is 0. The Labute approximate surface area is 122 Å². The van der Waals surface area contributed by atoms with Crippen molar-refractivity contribution in [2.45, 2.75) is 76.1 Å². The minimum Gasteiger partial charge on any atom is -0.389 e. The first-order valence-electron chi connectivity index (χ1n) is 8.30. The van der Waals surface area contributed by atoms with Crippen molar-refractivity contribution in [2.75, 3.05) is 19.7 Å². The SMILES string of the molecule is CC1CCC(O)(CNCC(O)COC2CCCC2)CC1. The maximum Gasteiger partial charge on any atom is 0.0897 e. The van der Waals surface area contributed by atoms with Crippen molar-refractivity contribution in [1.29, 1.82) is 0 Å². The fourth-order valence-corrected chi connectivity index (χ4v) is 3.31. The van der Waals surface area contributed by atoms with Crippen molar-refractivity contribution < 1.29 is 14.9 Å². The minimum atomic E-state index is -0.571. The fourth-order valence-electron chi connectivity index (χ4n) is 3.31. The van der Waals surface area contributed by atoms with Gasteiger partial charge in [0.25, 0.3) is 0 Å². The second kappa shape index (κ2) is 7.74. The van der Waals surface area contributed by atoms with Gasteiger partial charge in [-0.1, -0.05) is 19.8 Å². The molecule has 2 rings (SSSR count). The lowest BCUT2D eigenvalue weighted by Gasteiger charge is -2.35. The third-order valence-corrected chi connectivity index (χ3v) is 4.87. The molecule has 20 heavy (non-hydrogen) atoms. The van der Waals surface area contributed by atoms with E-state index in [1.807, 2.05) is 0 Å². The quantitative estimate of drug-likeness (QED) is 0.668. The number of aliphatic hydroxyl groups is 2. The standard InChI is InChI=1S/C16H31NO3/c1-13-6-8-16(19,9-7-13)12-17-10-14(18)11-20-15-4-2-3-5-15/h13-15,17-19H,2-12H2,1H3. The summed E-state index contributed by atoms with van der Waals surface area (Å²) in [4.78, 5) is 0. The molecule has 1 atom stereocenters. The predicted molar refractivity (Wildman–Crippen MR) is 79.7 cm³/mol. The molecule has 4 heteroatoms. The molecule has 0 heterocycles. The fraction of sp³-hybridized carbons (Fsp3) is 1.00. The summed E-state index contributed by atoms with van der Waals surface area (Å²) in [6.07, 6.45) is 8.61. The Morgan fingerprint density at radius 2 is 1.85 bits per heavy atom. The predicted octanol–water partition coefficient (Wildman–Crippen LogP) is 1.84. The van der Waals surface area contributed by atoms with Crippen LogP contribution in [0.4, 0.5) is 0 Å². The number of ether oxygens (including phenoxy) is 1. The summed E-state index contributed by atoms with van der Waals surface area (Å²) in [5.74, 6) is 0.737. The molecule has 4 nitrogen and oxygen atoms in total. The zero-order valence-corrected chi connectivity index (χ0v) is 12.8. The van der Waals surface area contributed by atoms with Gasteiger partial charge in [0.2, 0.25) is 0 Å². The molecular weight excluding hydrogens is 254 g/mol. The Morgan fingerprint density at radius 1 is 1.20 bits per heavy atom. The summed E-state index contributed by atoms with van der Waals surface area (Å²) < 4.78 is 5.69. The Hall–Kier alpha value is -0.160. The van der Waals surface area contributed by atoms with Crippen LogP contribution in [0.25, 0.3) is 0 Å². The third kappa shape index (κ3) is 5.32. The molecule has 0 aromatic carbocycles. The van der Waals surface area contributed by atoms with Gasteiger partial charge in [0, 0.05) is 13.1 Å². The topological polar surface area (TPSA) is 61.7 Å². The molecule has 2 saturated carbocycles. The first-order valence-corrected chi connectivity index (χ1v) is 8.30. The van der Waals surface area contributed by atoms with E-state index < -0.39 is 11.7 Å². The van der Waals surface area contributed by atoms with Crippen LogP contribution in [0.3, 0.4) is 0 Å². The molecule has 118 valence electrons. The highest BCUT2D eigenvalue weighted by molar-refractivity contribution is 4.86. The van der Waals surface area contributed by atoms with Crippen molar-refractivity contribution in [3.63, 3.8) is 0 Å². The molecule has 0 aromatic rings. The van der Waals surface area contributed by atoms with Gasteiger partial charge in [0.15, 0.2) is 0 Å². The minimum absolute atomic E-state index is 0.355. The molecule has 2 fully saturated rings. The first-order chi connectivity index (χ1) is 9.57. The Bertz CT molecular complexity index is 271. The normalized spacial score (nSPS) is 33.5. The molecule has 2 aliphatic rings. The van der Waals surface area contributed by atoms with Crippen molar-refractivity contribution in [3.05, 3.63) is 0 Å². The molecule has 3 N–H and O–H groups in total. The van der Waals surface area contributed by atoms with Crippen molar-refractivity contribution >= 4 is 0 Å². The van der Waals surface area contributed by atoms with Gasteiger partial charge in [-0.3, -0.25) is 0 Å². The Morgan fingerprint density at radius 3 is 2.50 bits per heavy atom. The highest BCUT2D eigenvalue weighted by Gasteiger charge is 2.31. The van der Waals surface area contributed by atoms with Crippen molar-refractivity contribution in [1.82, 2.24) is 5.32 Å².